The molecule has 72 valence electrons. The van der Waals surface area contributed by atoms with Crippen molar-refractivity contribution in [3.8, 4) is 0 Å². The topological polar surface area (TPSA) is 17.1 Å². The maximum absolute atomic E-state index is 12.0. The number of carbonyl (C=O) groups excluding carboxylic acids is 1. The normalized spacial score (nSPS) is 10.4. The van der Waals surface area contributed by atoms with Gasteiger partial charge < -0.3 is 0 Å². The molecule has 0 saturated heterocycles. The summed E-state index contributed by atoms with van der Waals surface area (Å²) in [5, 5.41) is 3.92. The molecule has 0 aliphatic heterocycles. The Morgan fingerprint density at radius 1 is 1.21 bits per heavy atom. The van der Waals surface area contributed by atoms with E-state index in [0.29, 0.717) is 0 Å². The standard InChI is InChI=1S/C10H7IOS2/c1-6-7(2-4-13-6)9(12)8-3-5-14-10(8)11/h2-5H,1H3. The maximum Gasteiger partial charge on any atom is 0.196 e. The summed E-state index contributed by atoms with van der Waals surface area (Å²) in [5.41, 5.74) is 1.67. The number of thiophene rings is 2. The first-order valence-corrected chi connectivity index (χ1v) is 6.85. The molecular formula is C10H7IOS2. The predicted octanol–water partition coefficient (Wildman–Crippen LogP) is 3.95. The molecule has 2 rings (SSSR count). The van der Waals surface area contributed by atoms with Gasteiger partial charge in [-0.15, -0.1) is 22.7 Å². The van der Waals surface area contributed by atoms with Gasteiger partial charge in [-0.1, -0.05) is 0 Å². The minimum atomic E-state index is 0.148. The van der Waals surface area contributed by atoms with E-state index in [9.17, 15) is 4.79 Å². The van der Waals surface area contributed by atoms with Crippen LogP contribution in [0.15, 0.2) is 22.9 Å². The third kappa shape index (κ3) is 1.78. The van der Waals surface area contributed by atoms with Crippen molar-refractivity contribution in [2.45, 2.75) is 6.92 Å². The second-order valence-electron chi connectivity index (χ2n) is 2.83. The molecular weight excluding hydrogens is 327 g/mol. The van der Waals surface area contributed by atoms with Gasteiger partial charge in [0.1, 0.15) is 0 Å². The molecule has 14 heavy (non-hydrogen) atoms. The number of rotatable bonds is 2. The van der Waals surface area contributed by atoms with Crippen LogP contribution in [0.1, 0.15) is 20.8 Å². The number of hydrogen-bond donors (Lipinski definition) is 0. The summed E-state index contributed by atoms with van der Waals surface area (Å²) in [7, 11) is 0. The second kappa shape index (κ2) is 4.12. The third-order valence-corrected chi connectivity index (χ3v) is 4.85. The molecule has 0 aliphatic carbocycles. The van der Waals surface area contributed by atoms with Gasteiger partial charge in [-0.05, 0) is 52.4 Å². The Morgan fingerprint density at radius 2 is 1.86 bits per heavy atom. The third-order valence-electron chi connectivity index (χ3n) is 1.97. The molecule has 4 heteroatoms. The van der Waals surface area contributed by atoms with Gasteiger partial charge in [-0.25, -0.2) is 0 Å². The van der Waals surface area contributed by atoms with Gasteiger partial charge in [0.15, 0.2) is 5.78 Å². The molecule has 0 radical (unpaired) electrons. The van der Waals surface area contributed by atoms with Gasteiger partial charge in [0, 0.05) is 16.0 Å². The van der Waals surface area contributed by atoms with Crippen molar-refractivity contribution in [1.29, 1.82) is 0 Å². The van der Waals surface area contributed by atoms with Crippen LogP contribution in [-0.2, 0) is 0 Å². The molecule has 0 spiro atoms. The van der Waals surface area contributed by atoms with Crippen LogP contribution in [0.2, 0.25) is 0 Å². The number of ketones is 1. The van der Waals surface area contributed by atoms with E-state index in [1.54, 1.807) is 22.7 Å². The maximum atomic E-state index is 12.0. The number of carbonyl (C=O) groups is 1. The summed E-state index contributed by atoms with van der Waals surface area (Å²) in [6.07, 6.45) is 0. The monoisotopic (exact) mass is 334 g/mol. The zero-order valence-electron chi connectivity index (χ0n) is 7.41. The predicted molar refractivity (Wildman–Crippen MR) is 69.5 cm³/mol. The van der Waals surface area contributed by atoms with Crippen LogP contribution in [-0.4, -0.2) is 5.78 Å². The van der Waals surface area contributed by atoms with Crippen molar-refractivity contribution in [2.75, 3.05) is 0 Å². The summed E-state index contributed by atoms with van der Waals surface area (Å²) in [6, 6.07) is 3.79. The molecule has 1 nitrogen and oxygen atoms in total. The zero-order valence-corrected chi connectivity index (χ0v) is 11.2. The minimum Gasteiger partial charge on any atom is -0.288 e. The van der Waals surface area contributed by atoms with Gasteiger partial charge in [-0.2, -0.15) is 0 Å². The average molecular weight is 334 g/mol. The van der Waals surface area contributed by atoms with E-state index >= 15 is 0 Å². The Bertz CT molecular complexity index is 428. The van der Waals surface area contributed by atoms with Crippen LogP contribution in [0.5, 0.6) is 0 Å². The molecule has 0 amide bonds. The lowest BCUT2D eigenvalue weighted by Crippen LogP contribution is -2.00. The first kappa shape index (κ1) is 10.3. The molecule has 0 fully saturated rings. The van der Waals surface area contributed by atoms with E-state index in [2.05, 4.69) is 22.6 Å². The van der Waals surface area contributed by atoms with E-state index in [-0.39, 0.29) is 5.78 Å². The Balaban J connectivity index is 2.44. The lowest BCUT2D eigenvalue weighted by Gasteiger charge is -1.97. The molecule has 2 heterocycles. The highest BCUT2D eigenvalue weighted by molar-refractivity contribution is 14.1. The van der Waals surface area contributed by atoms with Crippen molar-refractivity contribution < 1.29 is 4.79 Å². The lowest BCUT2D eigenvalue weighted by molar-refractivity contribution is 0.103. The van der Waals surface area contributed by atoms with E-state index in [1.807, 2.05) is 29.8 Å². The van der Waals surface area contributed by atoms with Crippen molar-refractivity contribution in [3.05, 3.63) is 41.8 Å². The fourth-order valence-corrected chi connectivity index (χ4v) is 3.39. The SMILES string of the molecule is Cc1sccc1C(=O)c1ccsc1I. The van der Waals surface area contributed by atoms with Crippen LogP contribution in [0.3, 0.4) is 0 Å². The first-order valence-electron chi connectivity index (χ1n) is 4.02. The van der Waals surface area contributed by atoms with Crippen molar-refractivity contribution >= 4 is 51.0 Å². The van der Waals surface area contributed by atoms with E-state index < -0.39 is 0 Å². The van der Waals surface area contributed by atoms with Crippen molar-refractivity contribution in [3.63, 3.8) is 0 Å². The second-order valence-corrected chi connectivity index (χ2v) is 6.67. The summed E-state index contributed by atoms with van der Waals surface area (Å²) in [5.74, 6) is 0.148. The van der Waals surface area contributed by atoms with Gasteiger partial charge in [0.2, 0.25) is 0 Å². The molecule has 0 aromatic carbocycles. The molecule has 0 saturated carbocycles. The Kier molecular flexibility index (Phi) is 3.04. The molecule has 0 bridgehead atoms. The molecule has 0 N–H and O–H groups in total. The Labute approximate surface area is 104 Å². The van der Waals surface area contributed by atoms with Gasteiger partial charge in [0.05, 0.1) is 2.88 Å². The quantitative estimate of drug-likeness (QED) is 0.600. The van der Waals surface area contributed by atoms with Crippen LogP contribution in [0, 0.1) is 9.81 Å². The molecule has 0 aliphatic rings. The van der Waals surface area contributed by atoms with E-state index in [0.717, 1.165) is 18.9 Å². The van der Waals surface area contributed by atoms with Crippen LogP contribution >= 0.6 is 45.3 Å². The largest absolute Gasteiger partial charge is 0.288 e. The molecule has 0 atom stereocenters. The smallest absolute Gasteiger partial charge is 0.196 e. The molecule has 2 aromatic rings. The fourth-order valence-electron chi connectivity index (χ4n) is 1.22. The molecule has 0 unspecified atom stereocenters. The van der Waals surface area contributed by atoms with Crippen molar-refractivity contribution in [1.82, 2.24) is 0 Å². The van der Waals surface area contributed by atoms with Crippen LogP contribution in [0.4, 0.5) is 0 Å². The Hall–Kier alpha value is -0.200. The highest BCUT2D eigenvalue weighted by Crippen LogP contribution is 2.25. The average Bonchev–Trinajstić information content (AvgIpc) is 2.73. The summed E-state index contributed by atoms with van der Waals surface area (Å²) in [4.78, 5) is 13.1. The fraction of sp³-hybridized carbons (Fsp3) is 0.100. The van der Waals surface area contributed by atoms with Crippen LogP contribution in [0.25, 0.3) is 0 Å². The lowest BCUT2D eigenvalue weighted by atomic mass is 10.1. The van der Waals surface area contributed by atoms with Gasteiger partial charge in [0.25, 0.3) is 0 Å². The van der Waals surface area contributed by atoms with Crippen LogP contribution < -0.4 is 0 Å². The zero-order chi connectivity index (χ0) is 10.1. The summed E-state index contributed by atoms with van der Waals surface area (Å²) >= 11 is 5.43. The highest BCUT2D eigenvalue weighted by Gasteiger charge is 2.15. The highest BCUT2D eigenvalue weighted by atomic mass is 127. The Morgan fingerprint density at radius 3 is 2.36 bits per heavy atom. The summed E-state index contributed by atoms with van der Waals surface area (Å²) in [6.45, 7) is 1.98. The first-order chi connectivity index (χ1) is 6.70. The van der Waals surface area contributed by atoms with E-state index in [1.165, 1.54) is 0 Å². The number of aryl methyl sites for hydroxylation is 1. The van der Waals surface area contributed by atoms with E-state index in [4.69, 9.17) is 0 Å². The molecule has 2 aromatic heterocycles. The minimum absolute atomic E-state index is 0.148. The van der Waals surface area contributed by atoms with Gasteiger partial charge >= 0.3 is 0 Å². The summed E-state index contributed by atoms with van der Waals surface area (Å²) < 4.78 is 1.07. The van der Waals surface area contributed by atoms with Gasteiger partial charge in [-0.3, -0.25) is 4.79 Å². The number of halogens is 1. The number of hydrogen-bond acceptors (Lipinski definition) is 3. The van der Waals surface area contributed by atoms with Crippen molar-refractivity contribution in [2.24, 2.45) is 0 Å².